The van der Waals surface area contributed by atoms with E-state index in [-0.39, 0.29) is 10.8 Å². The fourth-order valence-corrected chi connectivity index (χ4v) is 2.92. The van der Waals surface area contributed by atoms with Crippen molar-refractivity contribution in [3.8, 4) is 0 Å². The van der Waals surface area contributed by atoms with Crippen LogP contribution in [-0.4, -0.2) is 31.6 Å². The van der Waals surface area contributed by atoms with Gasteiger partial charge in [-0.05, 0) is 37.7 Å². The number of sulfonamides is 1. The molecule has 112 valence electrons. The van der Waals surface area contributed by atoms with Gasteiger partial charge in [-0.3, -0.25) is 10.1 Å². The van der Waals surface area contributed by atoms with Crippen LogP contribution >= 0.6 is 11.3 Å². The third kappa shape index (κ3) is 3.63. The summed E-state index contributed by atoms with van der Waals surface area (Å²) >= 11 is 1.31. The predicted octanol–water partition coefficient (Wildman–Crippen LogP) is 1.26. The van der Waals surface area contributed by atoms with Crippen LogP contribution in [0.3, 0.4) is 0 Å². The number of nitrogens with one attached hydrogen (secondary N) is 2. The maximum Gasteiger partial charge on any atom is 0.257 e. The van der Waals surface area contributed by atoms with Crippen molar-refractivity contribution < 1.29 is 13.2 Å². The Kier molecular flexibility index (Phi) is 4.66. The first-order valence-corrected chi connectivity index (χ1v) is 8.43. The number of hydrogen-bond acceptors (Lipinski definition) is 6. The fraction of sp³-hybridized carbons (Fsp3) is 0.250. The number of aryl methyl sites for hydroxylation is 1. The number of carbonyl (C=O) groups excluding carboxylic acids is 1. The van der Waals surface area contributed by atoms with Gasteiger partial charge in [-0.15, -0.1) is 10.2 Å². The highest BCUT2D eigenvalue weighted by molar-refractivity contribution is 7.89. The molecule has 0 fully saturated rings. The second-order valence-corrected chi connectivity index (χ2v) is 6.99. The Morgan fingerprint density at radius 1 is 1.24 bits per heavy atom. The standard InChI is InChI=1S/C12H14N4O3S2/c1-3-10-15-16-12(20-10)14-11(17)8-4-6-9(7-5-8)21(18,19)13-2/h4-7,13H,3H2,1-2H3,(H,14,16,17). The van der Waals surface area contributed by atoms with Crippen molar-refractivity contribution in [1.82, 2.24) is 14.9 Å². The average molecular weight is 326 g/mol. The van der Waals surface area contributed by atoms with Gasteiger partial charge in [0.05, 0.1) is 4.90 Å². The number of hydrogen-bond donors (Lipinski definition) is 2. The minimum atomic E-state index is -3.50. The maximum absolute atomic E-state index is 12.0. The van der Waals surface area contributed by atoms with Gasteiger partial charge in [-0.2, -0.15) is 0 Å². The highest BCUT2D eigenvalue weighted by Crippen LogP contribution is 2.17. The molecule has 0 bridgehead atoms. The van der Waals surface area contributed by atoms with Crippen molar-refractivity contribution in [3.05, 3.63) is 34.8 Å². The van der Waals surface area contributed by atoms with Gasteiger partial charge in [-0.1, -0.05) is 18.3 Å². The lowest BCUT2D eigenvalue weighted by atomic mass is 10.2. The molecule has 0 aliphatic rings. The third-order valence-corrected chi connectivity index (χ3v) is 5.10. The summed E-state index contributed by atoms with van der Waals surface area (Å²) in [6.45, 7) is 1.95. The molecule has 0 spiro atoms. The van der Waals surface area contributed by atoms with Crippen molar-refractivity contribution in [3.63, 3.8) is 0 Å². The Hall–Kier alpha value is -1.84. The summed E-state index contributed by atoms with van der Waals surface area (Å²) in [5.74, 6) is -0.359. The second kappa shape index (κ2) is 6.29. The first-order chi connectivity index (χ1) is 9.96. The summed E-state index contributed by atoms with van der Waals surface area (Å²) in [6, 6.07) is 5.64. The number of anilines is 1. The minimum Gasteiger partial charge on any atom is -0.296 e. The zero-order chi connectivity index (χ0) is 15.5. The van der Waals surface area contributed by atoms with E-state index >= 15 is 0 Å². The van der Waals surface area contributed by atoms with Gasteiger partial charge in [0.2, 0.25) is 15.2 Å². The Morgan fingerprint density at radius 3 is 2.43 bits per heavy atom. The van der Waals surface area contributed by atoms with Crippen molar-refractivity contribution in [2.45, 2.75) is 18.2 Å². The lowest BCUT2D eigenvalue weighted by Gasteiger charge is -2.04. The highest BCUT2D eigenvalue weighted by atomic mass is 32.2. The Balaban J connectivity index is 2.13. The van der Waals surface area contributed by atoms with Crippen LogP contribution < -0.4 is 10.0 Å². The van der Waals surface area contributed by atoms with E-state index in [0.29, 0.717) is 10.7 Å². The third-order valence-electron chi connectivity index (χ3n) is 2.69. The van der Waals surface area contributed by atoms with Crippen LogP contribution in [0.1, 0.15) is 22.3 Å². The number of nitrogens with zero attached hydrogens (tertiary/aromatic N) is 2. The summed E-state index contributed by atoms with van der Waals surface area (Å²) in [5.41, 5.74) is 0.346. The lowest BCUT2D eigenvalue weighted by molar-refractivity contribution is 0.102. The number of carbonyl (C=O) groups is 1. The SMILES string of the molecule is CCc1nnc(NC(=O)c2ccc(S(=O)(=O)NC)cc2)s1. The van der Waals surface area contributed by atoms with Crippen molar-refractivity contribution in [2.75, 3.05) is 12.4 Å². The normalized spacial score (nSPS) is 11.3. The van der Waals surface area contributed by atoms with Crippen LogP contribution in [0.25, 0.3) is 0 Å². The Bertz CT molecular complexity index is 738. The summed E-state index contributed by atoms with van der Waals surface area (Å²) in [4.78, 5) is 12.1. The molecule has 0 atom stereocenters. The van der Waals surface area contributed by atoms with Crippen LogP contribution in [-0.2, 0) is 16.4 Å². The molecule has 2 N–H and O–H groups in total. The van der Waals surface area contributed by atoms with Crippen LogP contribution in [0.4, 0.5) is 5.13 Å². The summed E-state index contributed by atoms with van der Waals surface area (Å²) < 4.78 is 25.4. The molecule has 1 aromatic carbocycles. The van der Waals surface area contributed by atoms with Crippen molar-refractivity contribution in [1.29, 1.82) is 0 Å². The van der Waals surface area contributed by atoms with Crippen LogP contribution in [0.5, 0.6) is 0 Å². The minimum absolute atomic E-state index is 0.103. The van der Waals surface area contributed by atoms with Crippen LogP contribution in [0, 0.1) is 0 Å². The van der Waals surface area contributed by atoms with Gasteiger partial charge in [0, 0.05) is 5.56 Å². The lowest BCUT2D eigenvalue weighted by Crippen LogP contribution is -2.19. The smallest absolute Gasteiger partial charge is 0.257 e. The topological polar surface area (TPSA) is 101 Å². The first-order valence-electron chi connectivity index (χ1n) is 6.13. The monoisotopic (exact) mass is 326 g/mol. The molecule has 1 heterocycles. The predicted molar refractivity (Wildman–Crippen MR) is 79.9 cm³/mol. The first kappa shape index (κ1) is 15.5. The molecule has 9 heteroatoms. The van der Waals surface area contributed by atoms with E-state index < -0.39 is 10.0 Å². The van der Waals surface area contributed by atoms with E-state index in [1.54, 1.807) is 0 Å². The zero-order valence-corrected chi connectivity index (χ0v) is 13.1. The molecule has 0 aliphatic carbocycles. The summed E-state index contributed by atoms with van der Waals surface area (Å²) in [6.07, 6.45) is 0.754. The highest BCUT2D eigenvalue weighted by Gasteiger charge is 2.13. The van der Waals surface area contributed by atoms with E-state index in [1.165, 1.54) is 42.6 Å². The number of amides is 1. The molecular formula is C12H14N4O3S2. The van der Waals surface area contributed by atoms with Crippen LogP contribution in [0.15, 0.2) is 29.2 Å². The molecule has 2 aromatic rings. The molecule has 1 aromatic heterocycles. The van der Waals surface area contributed by atoms with E-state index in [1.807, 2.05) is 6.92 Å². The molecule has 0 saturated heterocycles. The average Bonchev–Trinajstić information content (AvgIpc) is 2.95. The molecule has 1 amide bonds. The van der Waals surface area contributed by atoms with Crippen molar-refractivity contribution >= 4 is 32.4 Å². The van der Waals surface area contributed by atoms with Gasteiger partial charge in [0.15, 0.2) is 0 Å². The van der Waals surface area contributed by atoms with E-state index in [0.717, 1.165) is 11.4 Å². The molecule has 0 aliphatic heterocycles. The van der Waals surface area contributed by atoms with Gasteiger partial charge in [0.1, 0.15) is 5.01 Å². The van der Waals surface area contributed by atoms with E-state index in [4.69, 9.17) is 0 Å². The maximum atomic E-state index is 12.0. The van der Waals surface area contributed by atoms with Gasteiger partial charge in [0.25, 0.3) is 5.91 Å². The number of aromatic nitrogens is 2. The Labute approximate surface area is 126 Å². The van der Waals surface area contributed by atoms with Crippen molar-refractivity contribution in [2.24, 2.45) is 0 Å². The molecular weight excluding hydrogens is 312 g/mol. The quantitative estimate of drug-likeness (QED) is 0.861. The molecule has 7 nitrogen and oxygen atoms in total. The molecule has 2 rings (SSSR count). The Morgan fingerprint density at radius 2 is 1.90 bits per heavy atom. The number of rotatable bonds is 5. The molecule has 0 radical (unpaired) electrons. The van der Waals surface area contributed by atoms with Gasteiger partial charge in [-0.25, -0.2) is 13.1 Å². The summed E-state index contributed by atoms with van der Waals surface area (Å²) in [7, 11) is -2.17. The zero-order valence-electron chi connectivity index (χ0n) is 11.5. The van der Waals surface area contributed by atoms with E-state index in [9.17, 15) is 13.2 Å². The summed E-state index contributed by atoms with van der Waals surface area (Å²) in [5, 5.41) is 11.6. The molecule has 21 heavy (non-hydrogen) atoms. The molecule has 0 unspecified atom stereocenters. The van der Waals surface area contributed by atoms with Crippen LogP contribution in [0.2, 0.25) is 0 Å². The fourth-order valence-electron chi connectivity index (χ4n) is 1.52. The number of benzene rings is 1. The second-order valence-electron chi connectivity index (χ2n) is 4.04. The molecule has 0 saturated carbocycles. The van der Waals surface area contributed by atoms with E-state index in [2.05, 4.69) is 20.2 Å². The van der Waals surface area contributed by atoms with Gasteiger partial charge < -0.3 is 0 Å². The largest absolute Gasteiger partial charge is 0.296 e. The van der Waals surface area contributed by atoms with Gasteiger partial charge >= 0.3 is 0 Å².